The van der Waals surface area contributed by atoms with Crippen LogP contribution >= 0.6 is 11.3 Å². The van der Waals surface area contributed by atoms with Crippen molar-refractivity contribution >= 4 is 28.1 Å². The Hall–Kier alpha value is -2.47. The molecule has 0 spiro atoms. The van der Waals surface area contributed by atoms with Crippen molar-refractivity contribution in [2.45, 2.75) is 26.9 Å². The van der Waals surface area contributed by atoms with Crippen molar-refractivity contribution in [3.63, 3.8) is 0 Å². The zero-order valence-corrected chi connectivity index (χ0v) is 13.8. The summed E-state index contributed by atoms with van der Waals surface area (Å²) in [5.74, 6) is 0.418. The van der Waals surface area contributed by atoms with Crippen molar-refractivity contribution in [2.75, 3.05) is 0 Å². The van der Waals surface area contributed by atoms with Crippen LogP contribution in [0, 0.1) is 6.92 Å². The molecule has 2 heterocycles. The number of rotatable bonds is 4. The van der Waals surface area contributed by atoms with Gasteiger partial charge in [-0.3, -0.25) is 4.79 Å². The Labute approximate surface area is 136 Å². The number of fused-ring (bicyclic) bond motifs is 1. The Morgan fingerprint density at radius 1 is 1.35 bits per heavy atom. The molecular formula is C17H15NO4S. The summed E-state index contributed by atoms with van der Waals surface area (Å²) >= 11 is 1.48. The first-order valence-electron chi connectivity index (χ1n) is 7.11. The highest BCUT2D eigenvalue weighted by atomic mass is 32.1. The van der Waals surface area contributed by atoms with Crippen LogP contribution in [-0.2, 0) is 4.79 Å². The van der Waals surface area contributed by atoms with Crippen LogP contribution in [-0.4, -0.2) is 16.9 Å². The lowest BCUT2D eigenvalue weighted by Gasteiger charge is -2.11. The summed E-state index contributed by atoms with van der Waals surface area (Å²) in [6.07, 6.45) is -0.545. The smallest absolute Gasteiger partial charge is 0.345 e. The van der Waals surface area contributed by atoms with Crippen LogP contribution in [0.5, 0.6) is 5.75 Å². The molecule has 0 aliphatic rings. The lowest BCUT2D eigenvalue weighted by Crippen LogP contribution is -2.20. The first-order chi connectivity index (χ1) is 10.9. The number of thiazole rings is 1. The van der Waals surface area contributed by atoms with E-state index in [2.05, 4.69) is 4.98 Å². The van der Waals surface area contributed by atoms with E-state index in [1.54, 1.807) is 31.2 Å². The van der Waals surface area contributed by atoms with Crippen molar-refractivity contribution in [1.29, 1.82) is 0 Å². The first-order valence-corrected chi connectivity index (χ1v) is 7.99. The Balaban J connectivity index is 2.02. The molecule has 0 fully saturated rings. The molecule has 5 nitrogen and oxygen atoms in total. The maximum Gasteiger partial charge on any atom is 0.345 e. The number of benzene rings is 1. The van der Waals surface area contributed by atoms with E-state index >= 15 is 0 Å². The number of ether oxygens (including phenoxy) is 1. The molecule has 0 bridgehead atoms. The molecule has 0 saturated carbocycles. The van der Waals surface area contributed by atoms with Gasteiger partial charge in [-0.05, 0) is 39.0 Å². The molecule has 0 amide bonds. The second-order valence-corrected chi connectivity index (χ2v) is 6.33. The highest BCUT2D eigenvalue weighted by molar-refractivity contribution is 7.09. The van der Waals surface area contributed by atoms with E-state index in [9.17, 15) is 9.59 Å². The number of hydrogen-bond donors (Lipinski definition) is 0. The highest BCUT2D eigenvalue weighted by Gasteiger charge is 2.13. The second kappa shape index (κ2) is 5.96. The van der Waals surface area contributed by atoms with Crippen LogP contribution in [0.3, 0.4) is 0 Å². The fourth-order valence-corrected chi connectivity index (χ4v) is 2.73. The number of aryl methyl sites for hydroxylation is 1. The number of hydrogen-bond acceptors (Lipinski definition) is 6. The number of Topliss-reactive ketones (excluding diaryl/α,β-unsaturated/α-hetero) is 1. The molecule has 0 N–H and O–H groups in total. The van der Waals surface area contributed by atoms with Crippen LogP contribution in [0.15, 0.2) is 38.9 Å². The van der Waals surface area contributed by atoms with Gasteiger partial charge >= 0.3 is 5.63 Å². The monoisotopic (exact) mass is 329 g/mol. The van der Waals surface area contributed by atoms with Crippen molar-refractivity contribution in [3.05, 3.63) is 45.1 Å². The van der Waals surface area contributed by atoms with Gasteiger partial charge in [0.2, 0.25) is 0 Å². The Bertz CT molecular complexity index is 941. The molecule has 2 aromatic heterocycles. The third-order valence-electron chi connectivity index (χ3n) is 3.49. The summed E-state index contributed by atoms with van der Waals surface area (Å²) < 4.78 is 10.9. The van der Waals surface area contributed by atoms with Crippen LogP contribution in [0.4, 0.5) is 0 Å². The average Bonchev–Trinajstić information content (AvgIpc) is 2.92. The summed E-state index contributed by atoms with van der Waals surface area (Å²) in [6, 6.07) is 6.92. The Morgan fingerprint density at radius 3 is 2.78 bits per heavy atom. The van der Waals surface area contributed by atoms with E-state index < -0.39 is 11.7 Å². The zero-order chi connectivity index (χ0) is 16.6. The van der Waals surface area contributed by atoms with Gasteiger partial charge in [-0.15, -0.1) is 11.3 Å². The largest absolute Gasteiger partial charge is 0.483 e. The van der Waals surface area contributed by atoms with E-state index in [1.807, 2.05) is 12.3 Å². The number of carbonyl (C=O) groups is 1. The molecule has 6 heteroatoms. The van der Waals surface area contributed by atoms with Crippen LogP contribution in [0.2, 0.25) is 0 Å². The fraction of sp³-hybridized carbons (Fsp3) is 0.235. The number of ketones is 1. The maximum atomic E-state index is 12.2. The quantitative estimate of drug-likeness (QED) is 0.684. The van der Waals surface area contributed by atoms with Crippen LogP contribution in [0.1, 0.15) is 18.9 Å². The van der Waals surface area contributed by atoms with Crippen molar-refractivity contribution in [3.8, 4) is 17.0 Å². The molecule has 118 valence electrons. The van der Waals surface area contributed by atoms with E-state index in [4.69, 9.17) is 9.15 Å². The van der Waals surface area contributed by atoms with Crippen molar-refractivity contribution in [1.82, 2.24) is 4.98 Å². The van der Waals surface area contributed by atoms with Gasteiger partial charge in [0.15, 0.2) is 11.9 Å². The standard InChI is InChI=1S/C17H15NO4S/c1-9(19)10(2)21-13-5-4-12-6-14(15-8-23-11(3)18-15)17(20)22-16(12)7-13/h4-8,10H,1-3H3/t10-/m0/s1. The van der Waals surface area contributed by atoms with Crippen molar-refractivity contribution < 1.29 is 13.9 Å². The maximum absolute atomic E-state index is 12.2. The van der Waals surface area contributed by atoms with Gasteiger partial charge in [-0.25, -0.2) is 9.78 Å². The number of carbonyl (C=O) groups excluding carboxylic acids is 1. The summed E-state index contributed by atoms with van der Waals surface area (Å²) in [6.45, 7) is 5.03. The van der Waals surface area contributed by atoms with Gasteiger partial charge < -0.3 is 9.15 Å². The topological polar surface area (TPSA) is 69.4 Å². The summed E-state index contributed by atoms with van der Waals surface area (Å²) in [5, 5.41) is 3.49. The average molecular weight is 329 g/mol. The Morgan fingerprint density at radius 2 is 2.13 bits per heavy atom. The summed E-state index contributed by atoms with van der Waals surface area (Å²) in [5.41, 5.74) is 1.03. The van der Waals surface area contributed by atoms with Crippen LogP contribution < -0.4 is 10.4 Å². The molecule has 23 heavy (non-hydrogen) atoms. The molecule has 3 rings (SSSR count). The summed E-state index contributed by atoms with van der Waals surface area (Å²) in [7, 11) is 0. The zero-order valence-electron chi connectivity index (χ0n) is 13.0. The number of aromatic nitrogens is 1. The lowest BCUT2D eigenvalue weighted by molar-refractivity contribution is -0.122. The van der Waals surface area contributed by atoms with Crippen LogP contribution in [0.25, 0.3) is 22.2 Å². The van der Waals surface area contributed by atoms with E-state index in [0.29, 0.717) is 22.6 Å². The molecule has 3 aromatic rings. The summed E-state index contributed by atoms with van der Waals surface area (Å²) in [4.78, 5) is 27.8. The third-order valence-corrected chi connectivity index (χ3v) is 4.26. The second-order valence-electron chi connectivity index (χ2n) is 5.27. The Kier molecular flexibility index (Phi) is 4.00. The van der Waals surface area contributed by atoms with Gasteiger partial charge in [-0.2, -0.15) is 0 Å². The predicted octanol–water partition coefficient (Wildman–Crippen LogP) is 3.58. The molecule has 0 aliphatic heterocycles. The van der Waals surface area contributed by atoms with Gasteiger partial charge in [0.1, 0.15) is 11.3 Å². The first kappa shape index (κ1) is 15.4. The minimum absolute atomic E-state index is 0.0687. The number of nitrogens with zero attached hydrogens (tertiary/aromatic N) is 1. The molecule has 0 radical (unpaired) electrons. The molecule has 0 unspecified atom stereocenters. The van der Waals surface area contributed by atoms with E-state index in [-0.39, 0.29) is 5.78 Å². The third kappa shape index (κ3) is 3.17. The molecule has 1 atom stereocenters. The fourth-order valence-electron chi connectivity index (χ4n) is 2.12. The minimum Gasteiger partial charge on any atom is -0.483 e. The van der Waals surface area contributed by atoms with Gasteiger partial charge in [-0.1, -0.05) is 0 Å². The predicted molar refractivity (Wildman–Crippen MR) is 89.1 cm³/mol. The molecular weight excluding hydrogens is 314 g/mol. The molecule has 1 aromatic carbocycles. The van der Waals surface area contributed by atoms with Gasteiger partial charge in [0, 0.05) is 16.8 Å². The lowest BCUT2D eigenvalue weighted by atomic mass is 10.1. The van der Waals surface area contributed by atoms with E-state index in [1.165, 1.54) is 18.3 Å². The molecule has 0 saturated heterocycles. The van der Waals surface area contributed by atoms with Crippen molar-refractivity contribution in [2.24, 2.45) is 0 Å². The highest BCUT2D eigenvalue weighted by Crippen LogP contribution is 2.25. The molecule has 0 aliphatic carbocycles. The minimum atomic E-state index is -0.545. The SMILES string of the molecule is CC(=O)[C@H](C)Oc1ccc2cc(-c3csc(C)n3)c(=O)oc2c1. The van der Waals surface area contributed by atoms with Gasteiger partial charge in [0.05, 0.1) is 16.3 Å². The normalized spacial score (nSPS) is 12.3. The van der Waals surface area contributed by atoms with E-state index in [0.717, 1.165) is 10.4 Å². The van der Waals surface area contributed by atoms with Gasteiger partial charge in [0.25, 0.3) is 0 Å².